The van der Waals surface area contributed by atoms with Crippen LogP contribution in [0.1, 0.15) is 24.8 Å². The van der Waals surface area contributed by atoms with E-state index in [2.05, 4.69) is 45.1 Å². The summed E-state index contributed by atoms with van der Waals surface area (Å²) in [5, 5.41) is 0. The summed E-state index contributed by atoms with van der Waals surface area (Å²) in [6, 6.07) is 8.51. The zero-order valence-electron chi connectivity index (χ0n) is 10.0. The van der Waals surface area contributed by atoms with Gasteiger partial charge in [-0.2, -0.15) is 0 Å². The van der Waals surface area contributed by atoms with Gasteiger partial charge in [-0.05, 0) is 43.4 Å². The van der Waals surface area contributed by atoms with Crippen molar-refractivity contribution in [2.75, 3.05) is 19.0 Å². The molecule has 1 heterocycles. The summed E-state index contributed by atoms with van der Waals surface area (Å²) >= 11 is 9.46. The van der Waals surface area contributed by atoms with Crippen molar-refractivity contribution in [3.8, 4) is 0 Å². The minimum atomic E-state index is 0.795. The van der Waals surface area contributed by atoms with Crippen molar-refractivity contribution in [3.63, 3.8) is 0 Å². The normalized spacial score (nSPS) is 21.6. The molecule has 1 aromatic rings. The van der Waals surface area contributed by atoms with Crippen LogP contribution in [0.5, 0.6) is 0 Å². The molecule has 1 aromatic carbocycles. The summed E-state index contributed by atoms with van der Waals surface area (Å²) in [6.45, 7) is 3.48. The lowest BCUT2D eigenvalue weighted by atomic mass is 9.95. The molecule has 0 spiro atoms. The summed E-state index contributed by atoms with van der Waals surface area (Å²) in [6.07, 6.45) is 3.82. The Bertz CT molecular complexity index is 354. The molecule has 1 atom stereocenters. The standard InChI is InChI=1S/C14H19BrClN/c15-14-6-2-1-5-13(14)11-17-9-3-4-12(10-17)7-8-16/h1-2,5-6,12H,3-4,7-11H2. The lowest BCUT2D eigenvalue weighted by Gasteiger charge is -2.32. The van der Waals surface area contributed by atoms with Gasteiger partial charge in [-0.25, -0.2) is 0 Å². The molecule has 94 valence electrons. The first kappa shape index (κ1) is 13.4. The molecule has 0 aromatic heterocycles. The highest BCUT2D eigenvalue weighted by Gasteiger charge is 2.19. The third-order valence-electron chi connectivity index (χ3n) is 3.47. The van der Waals surface area contributed by atoms with Gasteiger partial charge in [0.25, 0.3) is 0 Å². The van der Waals surface area contributed by atoms with Crippen molar-refractivity contribution >= 4 is 27.5 Å². The van der Waals surface area contributed by atoms with Gasteiger partial charge >= 0.3 is 0 Å². The molecule has 0 N–H and O–H groups in total. The van der Waals surface area contributed by atoms with Crippen LogP contribution in [0.15, 0.2) is 28.7 Å². The molecule has 0 amide bonds. The topological polar surface area (TPSA) is 3.24 Å². The molecule has 1 aliphatic heterocycles. The molecule has 0 radical (unpaired) electrons. The number of nitrogens with zero attached hydrogens (tertiary/aromatic N) is 1. The zero-order valence-corrected chi connectivity index (χ0v) is 12.4. The lowest BCUT2D eigenvalue weighted by molar-refractivity contribution is 0.165. The van der Waals surface area contributed by atoms with Crippen LogP contribution in [-0.2, 0) is 6.54 Å². The second-order valence-corrected chi connectivity index (χ2v) is 6.04. The maximum Gasteiger partial charge on any atom is 0.0245 e. The fraction of sp³-hybridized carbons (Fsp3) is 0.571. The number of hydrogen-bond donors (Lipinski definition) is 0. The van der Waals surface area contributed by atoms with Crippen LogP contribution in [0, 0.1) is 5.92 Å². The number of alkyl halides is 1. The molecule has 17 heavy (non-hydrogen) atoms. The highest BCUT2D eigenvalue weighted by molar-refractivity contribution is 9.10. The molecular formula is C14H19BrClN. The Morgan fingerprint density at radius 1 is 1.35 bits per heavy atom. The number of likely N-dealkylation sites (tertiary alicyclic amines) is 1. The fourth-order valence-corrected chi connectivity index (χ4v) is 3.27. The van der Waals surface area contributed by atoms with Crippen LogP contribution >= 0.6 is 27.5 Å². The van der Waals surface area contributed by atoms with Gasteiger partial charge in [0.1, 0.15) is 0 Å². The van der Waals surface area contributed by atoms with Crippen LogP contribution in [-0.4, -0.2) is 23.9 Å². The zero-order chi connectivity index (χ0) is 12.1. The second-order valence-electron chi connectivity index (χ2n) is 4.81. The van der Waals surface area contributed by atoms with Gasteiger partial charge in [-0.3, -0.25) is 4.90 Å². The van der Waals surface area contributed by atoms with E-state index in [1.54, 1.807) is 0 Å². The molecule has 0 saturated carbocycles. The number of rotatable bonds is 4. The first-order chi connectivity index (χ1) is 8.29. The van der Waals surface area contributed by atoms with Crippen LogP contribution in [0.4, 0.5) is 0 Å². The van der Waals surface area contributed by atoms with Gasteiger partial charge in [-0.1, -0.05) is 34.1 Å². The Balaban J connectivity index is 1.92. The highest BCUT2D eigenvalue weighted by atomic mass is 79.9. The predicted octanol–water partition coefficient (Wildman–Crippen LogP) is 4.29. The van der Waals surface area contributed by atoms with E-state index >= 15 is 0 Å². The Labute approximate surface area is 117 Å². The van der Waals surface area contributed by atoms with E-state index < -0.39 is 0 Å². The van der Waals surface area contributed by atoms with E-state index in [-0.39, 0.29) is 0 Å². The van der Waals surface area contributed by atoms with E-state index in [9.17, 15) is 0 Å². The average molecular weight is 317 g/mol. The van der Waals surface area contributed by atoms with Gasteiger partial charge in [0.15, 0.2) is 0 Å². The number of benzene rings is 1. The second kappa shape index (κ2) is 6.77. The minimum absolute atomic E-state index is 0.795. The van der Waals surface area contributed by atoms with Gasteiger partial charge in [-0.15, -0.1) is 11.6 Å². The third kappa shape index (κ3) is 3.97. The van der Waals surface area contributed by atoms with Crippen molar-refractivity contribution in [1.29, 1.82) is 0 Å². The average Bonchev–Trinajstić information content (AvgIpc) is 2.33. The summed E-state index contributed by atoms with van der Waals surface area (Å²) in [4.78, 5) is 2.56. The highest BCUT2D eigenvalue weighted by Crippen LogP contribution is 2.24. The Hall–Kier alpha value is -0.0500. The van der Waals surface area contributed by atoms with E-state index in [0.29, 0.717) is 0 Å². The maximum absolute atomic E-state index is 5.84. The Morgan fingerprint density at radius 2 is 2.18 bits per heavy atom. The van der Waals surface area contributed by atoms with Crippen molar-refractivity contribution in [1.82, 2.24) is 4.90 Å². The van der Waals surface area contributed by atoms with E-state index in [1.807, 2.05) is 0 Å². The Kier molecular flexibility index (Phi) is 5.33. The number of halogens is 2. The fourth-order valence-electron chi connectivity index (χ4n) is 2.55. The summed E-state index contributed by atoms with van der Waals surface area (Å²) in [5.41, 5.74) is 1.39. The molecule has 2 rings (SSSR count). The minimum Gasteiger partial charge on any atom is -0.299 e. The maximum atomic E-state index is 5.84. The Morgan fingerprint density at radius 3 is 2.94 bits per heavy atom. The van der Waals surface area contributed by atoms with Crippen molar-refractivity contribution < 1.29 is 0 Å². The summed E-state index contributed by atoms with van der Waals surface area (Å²) < 4.78 is 1.22. The first-order valence-corrected chi connectivity index (χ1v) is 7.64. The van der Waals surface area contributed by atoms with E-state index in [0.717, 1.165) is 24.8 Å². The van der Waals surface area contributed by atoms with Crippen LogP contribution < -0.4 is 0 Å². The first-order valence-electron chi connectivity index (χ1n) is 6.31. The van der Waals surface area contributed by atoms with Gasteiger partial charge in [0.05, 0.1) is 0 Å². The smallest absolute Gasteiger partial charge is 0.0245 e. The molecule has 1 unspecified atom stereocenters. The summed E-state index contributed by atoms with van der Waals surface area (Å²) in [7, 11) is 0. The summed E-state index contributed by atoms with van der Waals surface area (Å²) in [5.74, 6) is 1.59. The molecule has 0 bridgehead atoms. The molecule has 1 saturated heterocycles. The van der Waals surface area contributed by atoms with E-state index in [4.69, 9.17) is 11.6 Å². The van der Waals surface area contributed by atoms with Crippen LogP contribution in [0.25, 0.3) is 0 Å². The number of hydrogen-bond acceptors (Lipinski definition) is 1. The van der Waals surface area contributed by atoms with Crippen LogP contribution in [0.2, 0.25) is 0 Å². The molecule has 1 nitrogen and oxygen atoms in total. The third-order valence-corrected chi connectivity index (χ3v) is 4.46. The SMILES string of the molecule is ClCCC1CCCN(Cc2ccccc2Br)C1. The molecule has 0 aliphatic carbocycles. The van der Waals surface area contributed by atoms with E-state index in [1.165, 1.54) is 36.0 Å². The van der Waals surface area contributed by atoms with Gasteiger partial charge < -0.3 is 0 Å². The largest absolute Gasteiger partial charge is 0.299 e. The van der Waals surface area contributed by atoms with Gasteiger partial charge in [0.2, 0.25) is 0 Å². The van der Waals surface area contributed by atoms with Crippen molar-refractivity contribution in [2.24, 2.45) is 5.92 Å². The molecule has 1 fully saturated rings. The van der Waals surface area contributed by atoms with Gasteiger partial charge in [0, 0.05) is 23.4 Å². The monoisotopic (exact) mass is 315 g/mol. The molecular weight excluding hydrogens is 298 g/mol. The predicted molar refractivity (Wildman–Crippen MR) is 77.5 cm³/mol. The van der Waals surface area contributed by atoms with Crippen molar-refractivity contribution in [2.45, 2.75) is 25.8 Å². The molecule has 3 heteroatoms. The van der Waals surface area contributed by atoms with Crippen molar-refractivity contribution in [3.05, 3.63) is 34.3 Å². The number of piperidine rings is 1. The quantitative estimate of drug-likeness (QED) is 0.749. The molecule has 1 aliphatic rings. The lowest BCUT2D eigenvalue weighted by Crippen LogP contribution is -2.35. The van der Waals surface area contributed by atoms with Crippen LogP contribution in [0.3, 0.4) is 0 Å².